The lowest BCUT2D eigenvalue weighted by Gasteiger charge is -2.41. The Hall–Kier alpha value is -0.810. The van der Waals surface area contributed by atoms with Crippen LogP contribution in [0.2, 0.25) is 0 Å². The van der Waals surface area contributed by atoms with Crippen LogP contribution in [-0.2, 0) is 4.74 Å². The summed E-state index contributed by atoms with van der Waals surface area (Å²) in [5.41, 5.74) is -0.475. The van der Waals surface area contributed by atoms with E-state index < -0.39 is 5.60 Å². The van der Waals surface area contributed by atoms with Crippen LogP contribution in [0.25, 0.3) is 0 Å². The molecule has 0 unspecified atom stereocenters. The Balaban J connectivity index is 2.80. The third-order valence-electron chi connectivity index (χ3n) is 3.63. The fourth-order valence-electron chi connectivity index (χ4n) is 2.88. The van der Waals surface area contributed by atoms with Gasteiger partial charge in [0, 0.05) is 25.2 Å². The summed E-state index contributed by atoms with van der Waals surface area (Å²) in [6, 6.07) is 0.537. The Morgan fingerprint density at radius 3 is 2.57 bits per heavy atom. The number of amides is 1. The molecule has 0 spiro atoms. The molecule has 0 aromatic heterocycles. The Bertz CT molecular complexity index is 326. The second-order valence-corrected chi connectivity index (χ2v) is 7.18. The fourth-order valence-corrected chi connectivity index (χ4v) is 2.88. The standard InChI is InChI=1S/C16H32N2O3/c1-12(2)17-13(9-11-19)14-8-6-7-10-18(14)15(20)21-16(3,4)5/h12-14,17,19H,6-11H2,1-5H3/t13-,14-/m1/s1. The van der Waals surface area contributed by atoms with Crippen LogP contribution in [0, 0.1) is 0 Å². The molecule has 5 heteroatoms. The van der Waals surface area contributed by atoms with E-state index in [1.165, 1.54) is 0 Å². The highest BCUT2D eigenvalue weighted by Gasteiger charge is 2.35. The number of rotatable bonds is 5. The number of aliphatic hydroxyl groups excluding tert-OH is 1. The van der Waals surface area contributed by atoms with Gasteiger partial charge in [-0.1, -0.05) is 13.8 Å². The number of piperidine rings is 1. The van der Waals surface area contributed by atoms with Crippen molar-refractivity contribution in [3.63, 3.8) is 0 Å². The average Bonchev–Trinajstić information content (AvgIpc) is 2.35. The van der Waals surface area contributed by atoms with Crippen LogP contribution < -0.4 is 5.32 Å². The van der Waals surface area contributed by atoms with Crippen molar-refractivity contribution in [2.75, 3.05) is 13.2 Å². The van der Waals surface area contributed by atoms with Gasteiger partial charge in [0.15, 0.2) is 0 Å². The smallest absolute Gasteiger partial charge is 0.410 e. The van der Waals surface area contributed by atoms with Crippen molar-refractivity contribution < 1.29 is 14.6 Å². The lowest BCUT2D eigenvalue weighted by molar-refractivity contribution is 0.00282. The van der Waals surface area contributed by atoms with Gasteiger partial charge in [0.05, 0.1) is 6.04 Å². The first-order valence-electron chi connectivity index (χ1n) is 8.11. The van der Waals surface area contributed by atoms with Gasteiger partial charge < -0.3 is 20.1 Å². The molecule has 1 rings (SSSR count). The molecule has 1 amide bonds. The first kappa shape index (κ1) is 18.2. The minimum Gasteiger partial charge on any atom is -0.444 e. The number of likely N-dealkylation sites (tertiary alicyclic amines) is 1. The van der Waals surface area contributed by atoms with E-state index in [1.54, 1.807) is 0 Å². The van der Waals surface area contributed by atoms with Gasteiger partial charge in [-0.3, -0.25) is 0 Å². The Morgan fingerprint density at radius 1 is 1.38 bits per heavy atom. The van der Waals surface area contributed by atoms with E-state index in [1.807, 2.05) is 25.7 Å². The second kappa shape index (κ2) is 7.99. The highest BCUT2D eigenvalue weighted by atomic mass is 16.6. The van der Waals surface area contributed by atoms with Gasteiger partial charge in [0.1, 0.15) is 5.60 Å². The van der Waals surface area contributed by atoms with Crippen LogP contribution >= 0.6 is 0 Å². The van der Waals surface area contributed by atoms with Gasteiger partial charge in [-0.05, 0) is 46.5 Å². The summed E-state index contributed by atoms with van der Waals surface area (Å²) in [4.78, 5) is 14.3. The molecule has 0 aliphatic carbocycles. The molecule has 0 aromatic carbocycles. The van der Waals surface area contributed by atoms with Crippen LogP contribution in [0.4, 0.5) is 4.79 Å². The van der Waals surface area contributed by atoms with Crippen LogP contribution in [0.15, 0.2) is 0 Å². The number of hydrogen-bond donors (Lipinski definition) is 2. The largest absolute Gasteiger partial charge is 0.444 e. The van der Waals surface area contributed by atoms with Crippen molar-refractivity contribution in [1.82, 2.24) is 10.2 Å². The fraction of sp³-hybridized carbons (Fsp3) is 0.938. The number of aliphatic hydroxyl groups is 1. The van der Waals surface area contributed by atoms with Crippen molar-refractivity contribution >= 4 is 6.09 Å². The molecule has 0 radical (unpaired) electrons. The molecule has 1 saturated heterocycles. The molecule has 1 aliphatic heterocycles. The minimum absolute atomic E-state index is 0.100. The van der Waals surface area contributed by atoms with Crippen LogP contribution in [0.3, 0.4) is 0 Å². The first-order chi connectivity index (χ1) is 9.74. The maximum atomic E-state index is 12.4. The molecule has 124 valence electrons. The predicted octanol–water partition coefficient (Wildman–Crippen LogP) is 2.53. The average molecular weight is 300 g/mol. The van der Waals surface area contributed by atoms with Crippen molar-refractivity contribution in [2.45, 2.75) is 84.0 Å². The predicted molar refractivity (Wildman–Crippen MR) is 84.3 cm³/mol. The summed E-state index contributed by atoms with van der Waals surface area (Å²) in [6.07, 6.45) is 3.52. The van der Waals surface area contributed by atoms with Gasteiger partial charge in [0.25, 0.3) is 0 Å². The van der Waals surface area contributed by atoms with Crippen molar-refractivity contribution in [1.29, 1.82) is 0 Å². The first-order valence-corrected chi connectivity index (χ1v) is 8.11. The van der Waals surface area contributed by atoms with Gasteiger partial charge in [-0.15, -0.1) is 0 Å². The molecule has 1 aliphatic rings. The maximum Gasteiger partial charge on any atom is 0.410 e. The molecule has 21 heavy (non-hydrogen) atoms. The molecule has 2 atom stereocenters. The van der Waals surface area contributed by atoms with Crippen molar-refractivity contribution in [3.05, 3.63) is 0 Å². The molecule has 0 aromatic rings. The number of ether oxygens (including phenoxy) is 1. The summed E-state index contributed by atoms with van der Waals surface area (Å²) in [5.74, 6) is 0. The molecule has 5 nitrogen and oxygen atoms in total. The van der Waals surface area contributed by atoms with E-state index >= 15 is 0 Å². The summed E-state index contributed by atoms with van der Waals surface area (Å²) < 4.78 is 5.54. The number of carbonyl (C=O) groups is 1. The maximum absolute atomic E-state index is 12.4. The van der Waals surface area contributed by atoms with Gasteiger partial charge >= 0.3 is 6.09 Å². The third kappa shape index (κ3) is 6.22. The molecular weight excluding hydrogens is 268 g/mol. The molecule has 0 bridgehead atoms. The summed E-state index contributed by atoms with van der Waals surface area (Å²) >= 11 is 0. The van der Waals surface area contributed by atoms with Gasteiger partial charge in [-0.2, -0.15) is 0 Å². The zero-order chi connectivity index (χ0) is 16.0. The van der Waals surface area contributed by atoms with Gasteiger partial charge in [-0.25, -0.2) is 4.79 Å². The Kier molecular flexibility index (Phi) is 6.94. The summed E-state index contributed by atoms with van der Waals surface area (Å²) in [6.45, 7) is 10.7. The lowest BCUT2D eigenvalue weighted by Crippen LogP contribution is -2.56. The molecule has 2 N–H and O–H groups in total. The quantitative estimate of drug-likeness (QED) is 0.819. The van der Waals surface area contributed by atoms with Crippen LogP contribution in [0.1, 0.15) is 60.3 Å². The van der Waals surface area contributed by atoms with E-state index in [2.05, 4.69) is 19.2 Å². The highest BCUT2D eigenvalue weighted by Crippen LogP contribution is 2.24. The van der Waals surface area contributed by atoms with E-state index in [4.69, 9.17) is 4.74 Å². The van der Waals surface area contributed by atoms with Crippen molar-refractivity contribution in [2.24, 2.45) is 0 Å². The SMILES string of the molecule is CC(C)N[C@H](CCO)[C@H]1CCCCN1C(=O)OC(C)(C)C. The number of hydrogen-bond acceptors (Lipinski definition) is 4. The molecule has 0 saturated carbocycles. The van der Waals surface area contributed by atoms with E-state index in [-0.39, 0.29) is 24.8 Å². The number of nitrogens with one attached hydrogen (secondary N) is 1. The molecule has 1 heterocycles. The minimum atomic E-state index is -0.475. The van der Waals surface area contributed by atoms with E-state index in [9.17, 15) is 9.90 Å². The molecular formula is C16H32N2O3. The highest BCUT2D eigenvalue weighted by molar-refractivity contribution is 5.68. The van der Waals surface area contributed by atoms with Gasteiger partial charge in [0.2, 0.25) is 0 Å². The van der Waals surface area contributed by atoms with E-state index in [0.717, 1.165) is 25.8 Å². The van der Waals surface area contributed by atoms with E-state index in [0.29, 0.717) is 12.5 Å². The summed E-state index contributed by atoms with van der Waals surface area (Å²) in [5, 5.41) is 12.8. The monoisotopic (exact) mass is 300 g/mol. The number of carbonyl (C=O) groups excluding carboxylic acids is 1. The van der Waals surface area contributed by atoms with Crippen molar-refractivity contribution in [3.8, 4) is 0 Å². The number of nitrogens with zero attached hydrogens (tertiary/aromatic N) is 1. The molecule has 1 fully saturated rings. The summed E-state index contributed by atoms with van der Waals surface area (Å²) in [7, 11) is 0. The van der Waals surface area contributed by atoms with Crippen LogP contribution in [0.5, 0.6) is 0 Å². The lowest BCUT2D eigenvalue weighted by atomic mass is 9.93. The van der Waals surface area contributed by atoms with Crippen LogP contribution in [-0.4, -0.2) is 53.0 Å². The zero-order valence-electron chi connectivity index (χ0n) is 14.2. The topological polar surface area (TPSA) is 61.8 Å². The Morgan fingerprint density at radius 2 is 2.05 bits per heavy atom. The second-order valence-electron chi connectivity index (χ2n) is 7.18. The zero-order valence-corrected chi connectivity index (χ0v) is 14.2. The Labute approximate surface area is 129 Å². The third-order valence-corrected chi connectivity index (χ3v) is 3.63. The normalized spacial score (nSPS) is 21.5.